The van der Waals surface area contributed by atoms with Gasteiger partial charge < -0.3 is 15.0 Å². The molecule has 0 fully saturated rings. The van der Waals surface area contributed by atoms with Crippen molar-refractivity contribution in [3.05, 3.63) is 83.9 Å². The summed E-state index contributed by atoms with van der Waals surface area (Å²) in [7, 11) is 0. The number of anilines is 3. The normalized spacial score (nSPS) is 15.6. The lowest BCUT2D eigenvalue weighted by molar-refractivity contribution is -0.128. The minimum absolute atomic E-state index is 0.296. The number of hydrogen-bond acceptors (Lipinski definition) is 4. The zero-order valence-electron chi connectivity index (χ0n) is 19.5. The van der Waals surface area contributed by atoms with E-state index in [-0.39, 0.29) is 0 Å². The molecule has 1 unspecified atom stereocenters. The Kier molecular flexibility index (Phi) is 7.36. The second-order valence-electron chi connectivity index (χ2n) is 8.59. The average molecular weight is 492 g/mol. The van der Waals surface area contributed by atoms with Gasteiger partial charge in [-0.2, -0.15) is 0 Å². The predicted octanol–water partition coefficient (Wildman–Crippen LogP) is 5.55. The van der Waals surface area contributed by atoms with E-state index < -0.39 is 23.9 Å². The lowest BCUT2D eigenvalue weighted by atomic mass is 10.1. The quantitative estimate of drug-likeness (QED) is 0.458. The fraction of sp³-hybridized carbons (Fsp3) is 0.222. The summed E-state index contributed by atoms with van der Waals surface area (Å²) in [6.07, 6.45) is -0.206. The largest absolute Gasteiger partial charge is 0.413 e. The van der Waals surface area contributed by atoms with Crippen LogP contribution in [0.2, 0.25) is 5.02 Å². The number of benzene rings is 3. The van der Waals surface area contributed by atoms with E-state index in [0.717, 1.165) is 0 Å². The van der Waals surface area contributed by atoms with Crippen LogP contribution in [-0.2, 0) is 9.59 Å². The number of ether oxygens (including phenoxy) is 1. The van der Waals surface area contributed by atoms with Crippen molar-refractivity contribution in [3.8, 4) is 5.75 Å². The third-order valence-electron chi connectivity index (χ3n) is 5.61. The first kappa shape index (κ1) is 24.3. The van der Waals surface area contributed by atoms with E-state index in [4.69, 9.17) is 16.3 Å². The van der Waals surface area contributed by atoms with Gasteiger partial charge in [0.25, 0.3) is 11.8 Å². The average Bonchev–Trinajstić information content (AvgIpc) is 2.92. The van der Waals surface area contributed by atoms with Gasteiger partial charge in [0.05, 0.1) is 11.4 Å². The standard InChI is InChI=1S/C27H26ClN3O4/c1-18(2)15-16-30-23-17-19(28)13-14-22(23)31(20-9-5-3-6-10-20)26(33)24(25(30)32)29-27(34)35-21-11-7-4-8-12-21/h3-14,17-18,24H,15-16H2,1-2H3,(H,29,34). The highest BCUT2D eigenvalue weighted by atomic mass is 35.5. The predicted molar refractivity (Wildman–Crippen MR) is 136 cm³/mol. The Bertz CT molecular complexity index is 1220. The lowest BCUT2D eigenvalue weighted by Crippen LogP contribution is -2.55. The van der Waals surface area contributed by atoms with E-state index in [2.05, 4.69) is 19.2 Å². The Morgan fingerprint density at radius 2 is 1.60 bits per heavy atom. The summed E-state index contributed by atoms with van der Waals surface area (Å²) >= 11 is 6.32. The number of carbonyl (C=O) groups excluding carboxylic acids is 3. The first-order valence-electron chi connectivity index (χ1n) is 11.4. The first-order chi connectivity index (χ1) is 16.8. The highest BCUT2D eigenvalue weighted by Gasteiger charge is 2.42. The van der Waals surface area contributed by atoms with Crippen LogP contribution in [0.25, 0.3) is 0 Å². The van der Waals surface area contributed by atoms with Crippen molar-refractivity contribution >= 4 is 46.6 Å². The van der Waals surface area contributed by atoms with Gasteiger partial charge in [-0.15, -0.1) is 0 Å². The maximum Gasteiger partial charge on any atom is 0.413 e. The fourth-order valence-electron chi connectivity index (χ4n) is 3.86. The van der Waals surface area contributed by atoms with Crippen molar-refractivity contribution in [1.82, 2.24) is 5.32 Å². The minimum atomic E-state index is -1.50. The van der Waals surface area contributed by atoms with Crippen molar-refractivity contribution in [2.24, 2.45) is 5.92 Å². The molecule has 0 aromatic heterocycles. The number of nitrogens with zero attached hydrogens (tertiary/aromatic N) is 2. The van der Waals surface area contributed by atoms with Gasteiger partial charge >= 0.3 is 6.09 Å². The second-order valence-corrected chi connectivity index (χ2v) is 9.03. The van der Waals surface area contributed by atoms with Gasteiger partial charge in [-0.3, -0.25) is 14.5 Å². The number of hydrogen-bond donors (Lipinski definition) is 1. The number of nitrogens with one attached hydrogen (secondary N) is 1. The Morgan fingerprint density at radius 3 is 2.26 bits per heavy atom. The molecule has 1 N–H and O–H groups in total. The summed E-state index contributed by atoms with van der Waals surface area (Å²) in [6.45, 7) is 4.46. The van der Waals surface area contributed by atoms with E-state index in [1.165, 1.54) is 9.80 Å². The van der Waals surface area contributed by atoms with Gasteiger partial charge in [0.2, 0.25) is 0 Å². The molecule has 0 saturated carbocycles. The van der Waals surface area contributed by atoms with E-state index in [1.807, 2.05) is 6.07 Å². The third-order valence-corrected chi connectivity index (χ3v) is 5.84. The van der Waals surface area contributed by atoms with Crippen molar-refractivity contribution < 1.29 is 19.1 Å². The van der Waals surface area contributed by atoms with Gasteiger partial charge in [0.1, 0.15) is 5.75 Å². The molecule has 0 bridgehead atoms. The number of amides is 3. The molecule has 3 aromatic rings. The van der Waals surface area contributed by atoms with Crippen LogP contribution in [0.5, 0.6) is 5.75 Å². The zero-order valence-corrected chi connectivity index (χ0v) is 20.2. The molecule has 0 saturated heterocycles. The smallest absolute Gasteiger partial charge is 0.410 e. The molecule has 0 spiro atoms. The Hall–Kier alpha value is -3.84. The van der Waals surface area contributed by atoms with E-state index >= 15 is 0 Å². The molecule has 0 radical (unpaired) electrons. The van der Waals surface area contributed by atoms with Crippen LogP contribution in [0.1, 0.15) is 20.3 Å². The molecule has 35 heavy (non-hydrogen) atoms. The maximum atomic E-state index is 13.9. The number of para-hydroxylation sites is 2. The SMILES string of the molecule is CC(C)CCN1C(=O)C(NC(=O)Oc2ccccc2)C(=O)N(c2ccccc2)c2ccc(Cl)cc21. The Balaban J connectivity index is 1.77. The molecule has 3 aromatic carbocycles. The molecule has 1 heterocycles. The van der Waals surface area contributed by atoms with Gasteiger partial charge in [-0.25, -0.2) is 4.79 Å². The maximum absolute atomic E-state index is 13.9. The Labute approximate surface area is 209 Å². The highest BCUT2D eigenvalue weighted by molar-refractivity contribution is 6.32. The molecule has 1 aliphatic heterocycles. The van der Waals surface area contributed by atoms with Gasteiger partial charge in [0, 0.05) is 17.3 Å². The molecular weight excluding hydrogens is 466 g/mol. The van der Waals surface area contributed by atoms with Crippen LogP contribution >= 0.6 is 11.6 Å². The number of rotatable bonds is 6. The van der Waals surface area contributed by atoms with Crippen LogP contribution in [0.3, 0.4) is 0 Å². The van der Waals surface area contributed by atoms with Gasteiger partial charge in [0.15, 0.2) is 6.04 Å². The van der Waals surface area contributed by atoms with Gasteiger partial charge in [-0.05, 0) is 54.8 Å². The first-order valence-corrected chi connectivity index (χ1v) is 11.8. The summed E-state index contributed by atoms with van der Waals surface area (Å²) in [5.41, 5.74) is 1.56. The summed E-state index contributed by atoms with van der Waals surface area (Å²) in [5, 5.41) is 2.93. The molecule has 4 rings (SSSR count). The third kappa shape index (κ3) is 5.46. The molecule has 180 valence electrons. The van der Waals surface area contributed by atoms with Crippen molar-refractivity contribution in [2.45, 2.75) is 26.3 Å². The fourth-order valence-corrected chi connectivity index (χ4v) is 4.02. The molecule has 1 aliphatic rings. The topological polar surface area (TPSA) is 79.0 Å². The molecule has 7 nitrogen and oxygen atoms in total. The molecular formula is C27H26ClN3O4. The number of halogens is 1. The molecule has 3 amide bonds. The molecule has 0 aliphatic carbocycles. The second kappa shape index (κ2) is 10.6. The van der Waals surface area contributed by atoms with Crippen molar-refractivity contribution in [1.29, 1.82) is 0 Å². The minimum Gasteiger partial charge on any atom is -0.410 e. The van der Waals surface area contributed by atoms with E-state index in [0.29, 0.717) is 46.7 Å². The zero-order chi connectivity index (χ0) is 24.9. The van der Waals surface area contributed by atoms with E-state index in [9.17, 15) is 14.4 Å². The number of fused-ring (bicyclic) bond motifs is 1. The van der Waals surface area contributed by atoms with Crippen molar-refractivity contribution in [3.63, 3.8) is 0 Å². The molecule has 8 heteroatoms. The number of carbonyl (C=O) groups is 3. The summed E-state index contributed by atoms with van der Waals surface area (Å²) < 4.78 is 5.31. The van der Waals surface area contributed by atoms with Gasteiger partial charge in [-0.1, -0.05) is 61.8 Å². The molecule has 1 atom stereocenters. The lowest BCUT2D eigenvalue weighted by Gasteiger charge is -2.26. The van der Waals surface area contributed by atoms with Crippen LogP contribution in [-0.4, -0.2) is 30.5 Å². The van der Waals surface area contributed by atoms with Crippen molar-refractivity contribution in [2.75, 3.05) is 16.3 Å². The summed E-state index contributed by atoms with van der Waals surface area (Å²) in [5.74, 6) is -0.543. The van der Waals surface area contributed by atoms with E-state index in [1.54, 1.807) is 72.8 Å². The van der Waals surface area contributed by atoms with Crippen LogP contribution in [0.4, 0.5) is 21.9 Å². The van der Waals surface area contributed by atoms with Crippen LogP contribution in [0, 0.1) is 5.92 Å². The highest BCUT2D eigenvalue weighted by Crippen LogP contribution is 2.39. The van der Waals surface area contributed by atoms with Crippen LogP contribution < -0.4 is 19.9 Å². The van der Waals surface area contributed by atoms with Crippen LogP contribution in [0.15, 0.2) is 78.9 Å². The monoisotopic (exact) mass is 491 g/mol. The summed E-state index contributed by atoms with van der Waals surface area (Å²) in [6, 6.07) is 21.0. The summed E-state index contributed by atoms with van der Waals surface area (Å²) in [4.78, 5) is 43.3. The Morgan fingerprint density at radius 1 is 0.943 bits per heavy atom.